The van der Waals surface area contributed by atoms with Crippen LogP contribution in [0.3, 0.4) is 0 Å². The monoisotopic (exact) mass is 248 g/mol. The van der Waals surface area contributed by atoms with Crippen LogP contribution >= 0.6 is 0 Å². The van der Waals surface area contributed by atoms with Crippen LogP contribution in [-0.4, -0.2) is 23.5 Å². The Morgan fingerprint density at radius 1 is 1.44 bits per heavy atom. The first kappa shape index (κ1) is 12.4. The zero-order chi connectivity index (χ0) is 13.3. The molecule has 0 saturated carbocycles. The third kappa shape index (κ3) is 2.03. The van der Waals surface area contributed by atoms with Crippen molar-refractivity contribution in [1.29, 1.82) is 0 Å². The number of nitrogens with one attached hydrogen (secondary N) is 2. The summed E-state index contributed by atoms with van der Waals surface area (Å²) < 4.78 is 0. The van der Waals surface area contributed by atoms with Crippen LogP contribution in [0.25, 0.3) is 0 Å². The molecule has 2 rings (SSSR count). The third-order valence-corrected chi connectivity index (χ3v) is 3.51. The summed E-state index contributed by atoms with van der Waals surface area (Å²) in [5.41, 5.74) is 1.00. The van der Waals surface area contributed by atoms with Crippen LogP contribution in [0.15, 0.2) is 18.2 Å². The Balaban J connectivity index is 2.38. The van der Waals surface area contributed by atoms with Gasteiger partial charge < -0.3 is 15.7 Å². The Hall–Kier alpha value is -2.04. The topological polar surface area (TPSA) is 78.4 Å². The normalized spacial score (nSPS) is 22.4. The fourth-order valence-electron chi connectivity index (χ4n) is 1.86. The van der Waals surface area contributed by atoms with E-state index >= 15 is 0 Å². The van der Waals surface area contributed by atoms with Gasteiger partial charge in [-0.15, -0.1) is 0 Å². The first-order chi connectivity index (χ1) is 8.46. The standard InChI is InChI=1S/C13H16N2O3/c1-3-13(2)7-14-10-6-8(11(16)17)4-5-9(10)15-12(13)18/h4-6,14H,3,7H2,1-2H3,(H,15,18)(H,16,17). The summed E-state index contributed by atoms with van der Waals surface area (Å²) in [4.78, 5) is 23.0. The van der Waals surface area contributed by atoms with Gasteiger partial charge >= 0.3 is 5.97 Å². The van der Waals surface area contributed by atoms with Gasteiger partial charge in [0.05, 0.1) is 22.4 Å². The summed E-state index contributed by atoms with van der Waals surface area (Å²) in [7, 11) is 0. The average molecular weight is 248 g/mol. The second-order valence-corrected chi connectivity index (χ2v) is 4.79. The number of rotatable bonds is 2. The number of carbonyl (C=O) groups is 2. The van der Waals surface area contributed by atoms with Gasteiger partial charge in [-0.3, -0.25) is 4.79 Å². The molecule has 1 aliphatic heterocycles. The summed E-state index contributed by atoms with van der Waals surface area (Å²) >= 11 is 0. The summed E-state index contributed by atoms with van der Waals surface area (Å²) in [6.07, 6.45) is 0.714. The van der Waals surface area contributed by atoms with Crippen LogP contribution in [0.1, 0.15) is 30.6 Å². The molecule has 0 bridgehead atoms. The molecular weight excluding hydrogens is 232 g/mol. The zero-order valence-electron chi connectivity index (χ0n) is 10.4. The molecule has 0 aromatic heterocycles. The number of carboxylic acid groups (broad SMARTS) is 1. The smallest absolute Gasteiger partial charge is 0.335 e. The minimum absolute atomic E-state index is 0.0423. The van der Waals surface area contributed by atoms with E-state index in [1.54, 1.807) is 12.1 Å². The van der Waals surface area contributed by atoms with E-state index in [9.17, 15) is 9.59 Å². The molecule has 1 aromatic carbocycles. The second kappa shape index (κ2) is 4.33. The number of benzene rings is 1. The van der Waals surface area contributed by atoms with Crippen molar-refractivity contribution in [2.75, 3.05) is 17.2 Å². The Kier molecular flexibility index (Phi) is 2.98. The highest BCUT2D eigenvalue weighted by Gasteiger charge is 2.34. The predicted molar refractivity (Wildman–Crippen MR) is 68.9 cm³/mol. The maximum Gasteiger partial charge on any atom is 0.335 e. The first-order valence-corrected chi connectivity index (χ1v) is 5.89. The van der Waals surface area contributed by atoms with Crippen molar-refractivity contribution >= 4 is 23.3 Å². The Morgan fingerprint density at radius 2 is 2.17 bits per heavy atom. The van der Waals surface area contributed by atoms with Crippen LogP contribution in [0, 0.1) is 5.41 Å². The van der Waals surface area contributed by atoms with Crippen molar-refractivity contribution in [1.82, 2.24) is 0 Å². The highest BCUT2D eigenvalue weighted by molar-refractivity contribution is 6.01. The van der Waals surface area contributed by atoms with Crippen molar-refractivity contribution in [2.45, 2.75) is 20.3 Å². The van der Waals surface area contributed by atoms with Crippen molar-refractivity contribution in [3.8, 4) is 0 Å². The van der Waals surface area contributed by atoms with E-state index in [1.165, 1.54) is 6.07 Å². The number of aromatic carboxylic acids is 1. The number of amides is 1. The molecule has 5 heteroatoms. The van der Waals surface area contributed by atoms with E-state index in [-0.39, 0.29) is 11.5 Å². The van der Waals surface area contributed by atoms with Crippen LogP contribution in [0.2, 0.25) is 0 Å². The molecule has 1 heterocycles. The first-order valence-electron chi connectivity index (χ1n) is 5.89. The van der Waals surface area contributed by atoms with Crippen LogP contribution in [-0.2, 0) is 4.79 Å². The number of anilines is 2. The van der Waals surface area contributed by atoms with Gasteiger partial charge in [-0.25, -0.2) is 4.79 Å². The van der Waals surface area contributed by atoms with Gasteiger partial charge in [-0.1, -0.05) is 6.92 Å². The quantitative estimate of drug-likeness (QED) is 0.749. The molecule has 1 amide bonds. The molecule has 1 aromatic rings. The number of carbonyl (C=O) groups excluding carboxylic acids is 1. The van der Waals surface area contributed by atoms with Gasteiger partial charge in [-0.05, 0) is 31.5 Å². The molecule has 96 valence electrons. The zero-order valence-corrected chi connectivity index (χ0v) is 10.4. The lowest BCUT2D eigenvalue weighted by Gasteiger charge is -2.23. The molecule has 0 radical (unpaired) electrons. The van der Waals surface area contributed by atoms with E-state index in [0.717, 1.165) is 0 Å². The lowest BCUT2D eigenvalue weighted by molar-refractivity contribution is -0.124. The van der Waals surface area contributed by atoms with Gasteiger partial charge in [0.15, 0.2) is 0 Å². The minimum Gasteiger partial charge on any atom is -0.478 e. The van der Waals surface area contributed by atoms with E-state index in [2.05, 4.69) is 10.6 Å². The number of hydrogen-bond acceptors (Lipinski definition) is 3. The molecule has 0 fully saturated rings. The van der Waals surface area contributed by atoms with Crippen molar-refractivity contribution in [3.63, 3.8) is 0 Å². The van der Waals surface area contributed by atoms with E-state index in [1.807, 2.05) is 13.8 Å². The molecule has 0 spiro atoms. The lowest BCUT2D eigenvalue weighted by atomic mass is 9.86. The molecule has 1 atom stereocenters. The summed E-state index contributed by atoms with van der Waals surface area (Å²) in [5, 5.41) is 14.9. The van der Waals surface area contributed by atoms with Crippen molar-refractivity contribution < 1.29 is 14.7 Å². The van der Waals surface area contributed by atoms with Gasteiger partial charge in [0.1, 0.15) is 0 Å². The molecule has 3 N–H and O–H groups in total. The average Bonchev–Trinajstić information content (AvgIpc) is 2.48. The van der Waals surface area contributed by atoms with Crippen LogP contribution < -0.4 is 10.6 Å². The summed E-state index contributed by atoms with van der Waals surface area (Å²) in [6.45, 7) is 4.34. The number of hydrogen-bond donors (Lipinski definition) is 3. The lowest BCUT2D eigenvalue weighted by Crippen LogP contribution is -2.36. The SMILES string of the molecule is CCC1(C)CNc2cc(C(=O)O)ccc2NC1=O. The number of fused-ring (bicyclic) bond motifs is 1. The van der Waals surface area contributed by atoms with E-state index in [4.69, 9.17) is 5.11 Å². The van der Waals surface area contributed by atoms with Crippen molar-refractivity contribution in [2.24, 2.45) is 5.41 Å². The van der Waals surface area contributed by atoms with Crippen molar-refractivity contribution in [3.05, 3.63) is 23.8 Å². The van der Waals surface area contributed by atoms with Gasteiger partial charge in [-0.2, -0.15) is 0 Å². The maximum atomic E-state index is 12.1. The van der Waals surface area contributed by atoms with Gasteiger partial charge in [0.2, 0.25) is 5.91 Å². The molecule has 18 heavy (non-hydrogen) atoms. The molecule has 1 unspecified atom stereocenters. The molecule has 5 nitrogen and oxygen atoms in total. The highest BCUT2D eigenvalue weighted by atomic mass is 16.4. The largest absolute Gasteiger partial charge is 0.478 e. The maximum absolute atomic E-state index is 12.1. The molecule has 1 aliphatic rings. The second-order valence-electron chi connectivity index (χ2n) is 4.79. The predicted octanol–water partition coefficient (Wildman–Crippen LogP) is 2.17. The van der Waals surface area contributed by atoms with Gasteiger partial charge in [0, 0.05) is 6.54 Å². The fourth-order valence-corrected chi connectivity index (χ4v) is 1.86. The highest BCUT2D eigenvalue weighted by Crippen LogP contribution is 2.32. The Bertz CT molecular complexity index is 513. The molecule has 0 aliphatic carbocycles. The Labute approximate surface area is 105 Å². The van der Waals surface area contributed by atoms with Crippen LogP contribution in [0.4, 0.5) is 11.4 Å². The Morgan fingerprint density at radius 3 is 2.78 bits per heavy atom. The van der Waals surface area contributed by atoms with E-state index < -0.39 is 11.4 Å². The molecule has 0 saturated heterocycles. The molecular formula is C13H16N2O3. The summed E-state index contributed by atoms with van der Waals surface area (Å²) in [6, 6.07) is 4.64. The van der Waals surface area contributed by atoms with E-state index in [0.29, 0.717) is 24.3 Å². The fraction of sp³-hybridized carbons (Fsp3) is 0.385. The van der Waals surface area contributed by atoms with Gasteiger partial charge in [0.25, 0.3) is 0 Å². The minimum atomic E-state index is -0.978. The third-order valence-electron chi connectivity index (χ3n) is 3.51. The number of carboxylic acids is 1. The summed E-state index contributed by atoms with van der Waals surface area (Å²) in [5.74, 6) is -1.02. The van der Waals surface area contributed by atoms with Crippen LogP contribution in [0.5, 0.6) is 0 Å².